The first-order chi connectivity index (χ1) is 8.08. The van der Waals surface area contributed by atoms with E-state index < -0.39 is 0 Å². The summed E-state index contributed by atoms with van der Waals surface area (Å²) >= 11 is 0. The molecule has 1 saturated carbocycles. The molecule has 2 rings (SSSR count). The van der Waals surface area contributed by atoms with E-state index in [0.29, 0.717) is 0 Å². The molecule has 2 fully saturated rings. The fourth-order valence-corrected chi connectivity index (χ4v) is 3.09. The van der Waals surface area contributed by atoms with Gasteiger partial charge in [0.1, 0.15) is 0 Å². The number of nitrogens with zero attached hydrogens (tertiary/aromatic N) is 1. The van der Waals surface area contributed by atoms with Gasteiger partial charge in [0.15, 0.2) is 0 Å². The van der Waals surface area contributed by atoms with E-state index in [2.05, 4.69) is 0 Å². The molecule has 0 aromatic carbocycles. The fraction of sp³-hybridized carbons (Fsp3) is 0.923. The number of carbonyl (C=O) groups is 1. The van der Waals surface area contributed by atoms with Gasteiger partial charge in [0.2, 0.25) is 5.91 Å². The average molecular weight is 240 g/mol. The normalized spacial score (nSPS) is 35.9. The number of rotatable bonds is 2. The predicted molar refractivity (Wildman–Crippen MR) is 66.3 cm³/mol. The molecule has 4 atom stereocenters. The highest BCUT2D eigenvalue weighted by molar-refractivity contribution is 5.79. The topological polar surface area (TPSA) is 66.6 Å². The van der Waals surface area contributed by atoms with Gasteiger partial charge in [0.05, 0.1) is 6.10 Å². The molecule has 4 heteroatoms. The van der Waals surface area contributed by atoms with E-state index in [0.717, 1.165) is 45.2 Å². The summed E-state index contributed by atoms with van der Waals surface area (Å²) < 4.78 is 0. The third kappa shape index (κ3) is 2.99. The second kappa shape index (κ2) is 5.36. The third-order valence-corrected chi connectivity index (χ3v) is 4.28. The average Bonchev–Trinajstić information content (AvgIpc) is 2.77. The molecule has 1 aliphatic carbocycles. The number of aliphatic hydroxyl groups excluding tert-OH is 1. The number of amides is 1. The SMILES string of the molecule is CC(O)C1CCN(C(=O)C2CCCC(N)C2)C1. The zero-order valence-electron chi connectivity index (χ0n) is 10.6. The molecule has 1 heterocycles. The maximum Gasteiger partial charge on any atom is 0.225 e. The number of aliphatic hydroxyl groups is 1. The Labute approximate surface area is 103 Å². The van der Waals surface area contributed by atoms with Gasteiger partial charge in [-0.3, -0.25) is 4.79 Å². The monoisotopic (exact) mass is 240 g/mol. The van der Waals surface area contributed by atoms with Crippen LogP contribution in [0.4, 0.5) is 0 Å². The van der Waals surface area contributed by atoms with E-state index in [4.69, 9.17) is 5.73 Å². The second-order valence-electron chi connectivity index (χ2n) is 5.70. The number of nitrogens with two attached hydrogens (primary N) is 1. The summed E-state index contributed by atoms with van der Waals surface area (Å²) in [6.45, 7) is 3.34. The van der Waals surface area contributed by atoms with Crippen LogP contribution in [0.3, 0.4) is 0 Å². The van der Waals surface area contributed by atoms with Crippen molar-refractivity contribution in [2.45, 2.75) is 51.2 Å². The zero-order chi connectivity index (χ0) is 12.4. The van der Waals surface area contributed by atoms with Gasteiger partial charge in [-0.2, -0.15) is 0 Å². The molecule has 0 aromatic rings. The minimum Gasteiger partial charge on any atom is -0.393 e. The smallest absolute Gasteiger partial charge is 0.225 e. The van der Waals surface area contributed by atoms with Crippen LogP contribution in [0, 0.1) is 11.8 Å². The molecule has 4 nitrogen and oxygen atoms in total. The van der Waals surface area contributed by atoms with Gasteiger partial charge in [-0.25, -0.2) is 0 Å². The van der Waals surface area contributed by atoms with Crippen LogP contribution >= 0.6 is 0 Å². The maximum absolute atomic E-state index is 12.3. The van der Waals surface area contributed by atoms with Gasteiger partial charge in [-0.15, -0.1) is 0 Å². The molecule has 0 aromatic heterocycles. The summed E-state index contributed by atoms with van der Waals surface area (Å²) in [4.78, 5) is 14.2. The van der Waals surface area contributed by atoms with Crippen molar-refractivity contribution >= 4 is 5.91 Å². The van der Waals surface area contributed by atoms with Gasteiger partial charge in [0.25, 0.3) is 0 Å². The van der Waals surface area contributed by atoms with Crippen molar-refractivity contribution in [3.63, 3.8) is 0 Å². The fourth-order valence-electron chi connectivity index (χ4n) is 3.09. The molecule has 2 aliphatic rings. The summed E-state index contributed by atoms with van der Waals surface area (Å²) in [6.07, 6.45) is 4.59. The Morgan fingerprint density at radius 2 is 2.18 bits per heavy atom. The van der Waals surface area contributed by atoms with Crippen molar-refractivity contribution in [1.29, 1.82) is 0 Å². The standard InChI is InChI=1S/C13H24N2O2/c1-9(16)11-5-6-15(8-11)13(17)10-3-2-4-12(14)7-10/h9-12,16H,2-8,14H2,1H3. The number of likely N-dealkylation sites (tertiary alicyclic amines) is 1. The highest BCUT2D eigenvalue weighted by Crippen LogP contribution is 2.28. The minimum absolute atomic E-state index is 0.131. The number of hydrogen-bond acceptors (Lipinski definition) is 3. The largest absolute Gasteiger partial charge is 0.393 e. The lowest BCUT2D eigenvalue weighted by Crippen LogP contribution is -2.40. The Kier molecular flexibility index (Phi) is 4.05. The van der Waals surface area contributed by atoms with E-state index in [9.17, 15) is 9.90 Å². The highest BCUT2D eigenvalue weighted by Gasteiger charge is 2.34. The molecular formula is C13H24N2O2. The van der Waals surface area contributed by atoms with Crippen molar-refractivity contribution < 1.29 is 9.90 Å². The van der Waals surface area contributed by atoms with Gasteiger partial charge >= 0.3 is 0 Å². The third-order valence-electron chi connectivity index (χ3n) is 4.28. The lowest BCUT2D eigenvalue weighted by molar-refractivity contribution is -0.135. The summed E-state index contributed by atoms with van der Waals surface area (Å²) in [6, 6.07) is 0.202. The molecule has 98 valence electrons. The molecule has 17 heavy (non-hydrogen) atoms. The van der Waals surface area contributed by atoms with Gasteiger partial charge in [0, 0.05) is 31.0 Å². The zero-order valence-corrected chi connectivity index (χ0v) is 10.6. The Bertz CT molecular complexity index is 281. The molecule has 4 unspecified atom stereocenters. The van der Waals surface area contributed by atoms with Crippen molar-refractivity contribution in [3.05, 3.63) is 0 Å². The van der Waals surface area contributed by atoms with E-state index in [-0.39, 0.29) is 29.9 Å². The minimum atomic E-state index is -0.304. The Morgan fingerprint density at radius 3 is 2.76 bits per heavy atom. The van der Waals surface area contributed by atoms with Gasteiger partial charge < -0.3 is 15.7 Å². The molecule has 0 radical (unpaired) electrons. The van der Waals surface area contributed by atoms with E-state index in [1.807, 2.05) is 11.8 Å². The Morgan fingerprint density at radius 1 is 1.41 bits per heavy atom. The van der Waals surface area contributed by atoms with Crippen molar-refractivity contribution in [2.75, 3.05) is 13.1 Å². The van der Waals surface area contributed by atoms with Crippen LogP contribution in [0.15, 0.2) is 0 Å². The lowest BCUT2D eigenvalue weighted by atomic mass is 9.85. The van der Waals surface area contributed by atoms with Crippen LogP contribution in [0.1, 0.15) is 39.0 Å². The van der Waals surface area contributed by atoms with Gasteiger partial charge in [-0.1, -0.05) is 6.42 Å². The first-order valence-corrected chi connectivity index (χ1v) is 6.80. The molecular weight excluding hydrogens is 216 g/mol. The number of hydrogen-bond donors (Lipinski definition) is 2. The van der Waals surface area contributed by atoms with E-state index >= 15 is 0 Å². The van der Waals surface area contributed by atoms with Crippen LogP contribution in [0.2, 0.25) is 0 Å². The number of carbonyl (C=O) groups excluding carboxylic acids is 1. The quantitative estimate of drug-likeness (QED) is 0.748. The lowest BCUT2D eigenvalue weighted by Gasteiger charge is -2.29. The first kappa shape index (κ1) is 12.8. The van der Waals surface area contributed by atoms with E-state index in [1.165, 1.54) is 0 Å². The molecule has 1 amide bonds. The van der Waals surface area contributed by atoms with Gasteiger partial charge in [-0.05, 0) is 32.6 Å². The maximum atomic E-state index is 12.3. The van der Waals surface area contributed by atoms with Crippen LogP contribution in [0.25, 0.3) is 0 Å². The summed E-state index contributed by atoms with van der Waals surface area (Å²) in [7, 11) is 0. The Hall–Kier alpha value is -0.610. The Balaban J connectivity index is 1.88. The predicted octanol–water partition coefficient (Wildman–Crippen LogP) is 0.733. The summed E-state index contributed by atoms with van der Waals surface area (Å²) in [5, 5.41) is 9.55. The summed E-state index contributed by atoms with van der Waals surface area (Å²) in [5.74, 6) is 0.658. The molecule has 1 aliphatic heterocycles. The molecule has 1 saturated heterocycles. The molecule has 3 N–H and O–H groups in total. The van der Waals surface area contributed by atoms with Crippen LogP contribution < -0.4 is 5.73 Å². The van der Waals surface area contributed by atoms with Crippen LogP contribution in [0.5, 0.6) is 0 Å². The van der Waals surface area contributed by atoms with Crippen LogP contribution in [-0.4, -0.2) is 41.1 Å². The molecule has 0 bridgehead atoms. The van der Waals surface area contributed by atoms with Crippen molar-refractivity contribution in [2.24, 2.45) is 17.6 Å². The summed E-state index contributed by atoms with van der Waals surface area (Å²) in [5.41, 5.74) is 5.93. The van der Waals surface area contributed by atoms with Crippen molar-refractivity contribution in [1.82, 2.24) is 4.90 Å². The highest BCUT2D eigenvalue weighted by atomic mass is 16.3. The van der Waals surface area contributed by atoms with Crippen molar-refractivity contribution in [3.8, 4) is 0 Å². The molecule has 0 spiro atoms. The van der Waals surface area contributed by atoms with Crippen LogP contribution in [-0.2, 0) is 4.79 Å². The first-order valence-electron chi connectivity index (χ1n) is 6.80. The van der Waals surface area contributed by atoms with E-state index in [1.54, 1.807) is 0 Å². The second-order valence-corrected chi connectivity index (χ2v) is 5.70.